The molecule has 15 heavy (non-hydrogen) atoms. The van der Waals surface area contributed by atoms with Crippen molar-refractivity contribution < 1.29 is 19.5 Å². The zero-order valence-corrected chi connectivity index (χ0v) is 9.11. The summed E-state index contributed by atoms with van der Waals surface area (Å²) in [6.45, 7) is 5.12. The molecule has 1 heterocycles. The van der Waals surface area contributed by atoms with Gasteiger partial charge in [0.05, 0.1) is 5.92 Å². The monoisotopic (exact) mass is 213 g/mol. The summed E-state index contributed by atoms with van der Waals surface area (Å²) >= 11 is 0. The number of hydrogen-bond acceptors (Lipinski definition) is 3. The predicted molar refractivity (Wildman–Crippen MR) is 51.9 cm³/mol. The maximum Gasteiger partial charge on any atom is 0.308 e. The van der Waals surface area contributed by atoms with Gasteiger partial charge in [-0.15, -0.1) is 0 Å². The summed E-state index contributed by atoms with van der Waals surface area (Å²) in [5.41, 5.74) is -0.650. The third-order valence-electron chi connectivity index (χ3n) is 2.36. The zero-order valence-electron chi connectivity index (χ0n) is 9.11. The molecule has 0 aromatic rings. The number of imide groups is 1. The molecule has 0 saturated carbocycles. The van der Waals surface area contributed by atoms with Crippen molar-refractivity contribution >= 4 is 17.8 Å². The molecular formula is C10H15NO4. The Balaban J connectivity index is 2.78. The molecule has 5 nitrogen and oxygen atoms in total. The van der Waals surface area contributed by atoms with Crippen LogP contribution in [0.25, 0.3) is 0 Å². The average Bonchev–Trinajstić information content (AvgIpc) is 2.44. The molecule has 1 aliphatic rings. The van der Waals surface area contributed by atoms with E-state index in [-0.39, 0.29) is 24.8 Å². The van der Waals surface area contributed by atoms with Gasteiger partial charge >= 0.3 is 5.97 Å². The van der Waals surface area contributed by atoms with Crippen LogP contribution < -0.4 is 0 Å². The fourth-order valence-corrected chi connectivity index (χ4v) is 1.47. The Morgan fingerprint density at radius 1 is 1.40 bits per heavy atom. The third-order valence-corrected chi connectivity index (χ3v) is 2.36. The molecule has 0 spiro atoms. The smallest absolute Gasteiger partial charge is 0.308 e. The van der Waals surface area contributed by atoms with E-state index in [1.165, 1.54) is 0 Å². The Kier molecular flexibility index (Phi) is 2.83. The summed E-state index contributed by atoms with van der Waals surface area (Å²) in [6, 6.07) is 0. The maximum absolute atomic E-state index is 11.8. The summed E-state index contributed by atoms with van der Waals surface area (Å²) in [5.74, 6) is -2.46. The van der Waals surface area contributed by atoms with Crippen LogP contribution in [-0.2, 0) is 14.4 Å². The molecule has 1 rings (SSSR count). The van der Waals surface area contributed by atoms with Crippen molar-refractivity contribution in [2.75, 3.05) is 6.54 Å². The van der Waals surface area contributed by atoms with Crippen LogP contribution in [0.15, 0.2) is 0 Å². The number of carboxylic acid groups (broad SMARTS) is 1. The normalized spacial score (nSPS) is 21.9. The first-order valence-corrected chi connectivity index (χ1v) is 4.81. The predicted octanol–water partition coefficient (Wildman–Crippen LogP) is 0.492. The maximum atomic E-state index is 11.8. The molecule has 1 fully saturated rings. The van der Waals surface area contributed by atoms with Crippen molar-refractivity contribution in [3.05, 3.63) is 0 Å². The van der Waals surface area contributed by atoms with Gasteiger partial charge in [-0.1, -0.05) is 20.8 Å². The lowest BCUT2D eigenvalue weighted by Gasteiger charge is -2.23. The number of carbonyl (C=O) groups is 3. The van der Waals surface area contributed by atoms with Gasteiger partial charge in [0, 0.05) is 18.4 Å². The van der Waals surface area contributed by atoms with Crippen molar-refractivity contribution in [1.82, 2.24) is 4.90 Å². The Morgan fingerprint density at radius 3 is 2.27 bits per heavy atom. The van der Waals surface area contributed by atoms with Crippen molar-refractivity contribution in [2.45, 2.75) is 27.2 Å². The molecule has 1 N–H and O–H groups in total. The lowest BCUT2D eigenvalue weighted by Crippen LogP contribution is -2.40. The van der Waals surface area contributed by atoms with Crippen LogP contribution in [0.5, 0.6) is 0 Å². The second-order valence-corrected chi connectivity index (χ2v) is 4.80. The first kappa shape index (κ1) is 11.7. The number of carboxylic acids is 1. The molecule has 0 aliphatic carbocycles. The fraction of sp³-hybridized carbons (Fsp3) is 0.700. The lowest BCUT2D eigenvalue weighted by atomic mass is 9.95. The van der Waals surface area contributed by atoms with Gasteiger partial charge in [0.1, 0.15) is 0 Å². The van der Waals surface area contributed by atoms with Crippen LogP contribution in [0.1, 0.15) is 27.2 Å². The Bertz CT molecular complexity index is 316. The minimum absolute atomic E-state index is 0.00424. The van der Waals surface area contributed by atoms with Gasteiger partial charge in [0.15, 0.2) is 0 Å². The molecule has 1 aliphatic heterocycles. The van der Waals surface area contributed by atoms with Gasteiger partial charge in [-0.25, -0.2) is 0 Å². The fourth-order valence-electron chi connectivity index (χ4n) is 1.47. The van der Waals surface area contributed by atoms with E-state index < -0.39 is 17.3 Å². The van der Waals surface area contributed by atoms with E-state index in [0.717, 1.165) is 4.90 Å². The highest BCUT2D eigenvalue weighted by atomic mass is 16.4. The summed E-state index contributed by atoms with van der Waals surface area (Å²) in [6.07, 6.45) is -0.0723. The molecule has 0 aromatic heterocycles. The first-order chi connectivity index (χ1) is 6.73. The van der Waals surface area contributed by atoms with Crippen molar-refractivity contribution in [1.29, 1.82) is 0 Å². The van der Waals surface area contributed by atoms with E-state index in [1.54, 1.807) is 20.8 Å². The van der Waals surface area contributed by atoms with E-state index in [2.05, 4.69) is 0 Å². The van der Waals surface area contributed by atoms with E-state index in [9.17, 15) is 14.4 Å². The summed E-state index contributed by atoms with van der Waals surface area (Å²) in [4.78, 5) is 34.9. The molecule has 1 atom stereocenters. The highest BCUT2D eigenvalue weighted by Crippen LogP contribution is 2.24. The largest absolute Gasteiger partial charge is 0.481 e. The van der Waals surface area contributed by atoms with Gasteiger partial charge in [-0.2, -0.15) is 0 Å². The second-order valence-electron chi connectivity index (χ2n) is 4.80. The van der Waals surface area contributed by atoms with Crippen LogP contribution in [0.4, 0.5) is 0 Å². The van der Waals surface area contributed by atoms with Crippen molar-refractivity contribution in [3.8, 4) is 0 Å². The number of carbonyl (C=O) groups excluding carboxylic acids is 2. The van der Waals surface area contributed by atoms with Gasteiger partial charge in [0.25, 0.3) is 0 Å². The Morgan fingerprint density at radius 2 is 1.93 bits per heavy atom. The Labute approximate surface area is 88.1 Å². The average molecular weight is 213 g/mol. The van der Waals surface area contributed by atoms with E-state index in [0.29, 0.717) is 0 Å². The van der Waals surface area contributed by atoms with Crippen LogP contribution in [0, 0.1) is 11.3 Å². The molecule has 0 bridgehead atoms. The van der Waals surface area contributed by atoms with Gasteiger partial charge < -0.3 is 5.11 Å². The second kappa shape index (κ2) is 3.64. The van der Waals surface area contributed by atoms with Crippen LogP contribution in [-0.4, -0.2) is 34.3 Å². The molecule has 1 saturated heterocycles. The molecule has 5 heteroatoms. The van der Waals surface area contributed by atoms with Crippen LogP contribution in [0.2, 0.25) is 0 Å². The quantitative estimate of drug-likeness (QED) is 0.688. The summed E-state index contributed by atoms with van der Waals surface area (Å²) in [5, 5.41) is 8.74. The number of amides is 2. The van der Waals surface area contributed by atoms with Gasteiger partial charge in [0.2, 0.25) is 11.8 Å². The van der Waals surface area contributed by atoms with E-state index >= 15 is 0 Å². The van der Waals surface area contributed by atoms with Gasteiger partial charge in [-0.3, -0.25) is 19.3 Å². The number of nitrogens with zero attached hydrogens (tertiary/aromatic N) is 1. The minimum Gasteiger partial charge on any atom is -0.481 e. The number of rotatable bonds is 1. The zero-order chi connectivity index (χ0) is 11.8. The van der Waals surface area contributed by atoms with E-state index in [4.69, 9.17) is 5.11 Å². The lowest BCUT2D eigenvalue weighted by molar-refractivity contribution is -0.147. The standard InChI is InChI=1S/C10H15NO4/c1-10(2,3)9(15)11-5-6(8(13)14)4-7(11)12/h6H,4-5H2,1-3H3,(H,13,14). The molecule has 2 amide bonds. The van der Waals surface area contributed by atoms with Crippen LogP contribution in [0.3, 0.4) is 0 Å². The first-order valence-electron chi connectivity index (χ1n) is 4.81. The highest BCUT2D eigenvalue weighted by molar-refractivity contribution is 6.01. The SMILES string of the molecule is CC(C)(C)C(=O)N1CC(C(=O)O)CC1=O. The summed E-state index contributed by atoms with van der Waals surface area (Å²) < 4.78 is 0. The van der Waals surface area contributed by atoms with Gasteiger partial charge in [-0.05, 0) is 0 Å². The molecule has 1 unspecified atom stereocenters. The Hall–Kier alpha value is -1.39. The van der Waals surface area contributed by atoms with Crippen molar-refractivity contribution in [3.63, 3.8) is 0 Å². The van der Waals surface area contributed by atoms with E-state index in [1.807, 2.05) is 0 Å². The number of likely N-dealkylation sites (tertiary alicyclic amines) is 1. The topological polar surface area (TPSA) is 74.7 Å². The molecule has 0 aromatic carbocycles. The highest BCUT2D eigenvalue weighted by Gasteiger charge is 2.40. The van der Waals surface area contributed by atoms with Crippen LogP contribution >= 0.6 is 0 Å². The molecule has 0 radical (unpaired) electrons. The molecular weight excluding hydrogens is 198 g/mol. The summed E-state index contributed by atoms with van der Waals surface area (Å²) in [7, 11) is 0. The minimum atomic E-state index is -1.02. The van der Waals surface area contributed by atoms with Crippen molar-refractivity contribution in [2.24, 2.45) is 11.3 Å². The third kappa shape index (κ3) is 2.34. The number of hydrogen-bond donors (Lipinski definition) is 1. The number of aliphatic carboxylic acids is 1. The molecule has 84 valence electrons.